The summed E-state index contributed by atoms with van der Waals surface area (Å²) in [7, 11) is 1.42. The number of esters is 1. The number of hydrogen-bond donors (Lipinski definition) is 0. The topological polar surface area (TPSA) is 43.4 Å². The lowest BCUT2D eigenvalue weighted by Gasteiger charge is -2.52. The van der Waals surface area contributed by atoms with E-state index >= 15 is 0 Å². The molecule has 0 spiro atoms. The molecule has 4 aliphatic rings. The normalized spacial score (nSPS) is 47.8. The molecule has 4 saturated carbocycles. The molecule has 0 aromatic heterocycles. The second kappa shape index (κ2) is 3.83. The van der Waals surface area contributed by atoms with E-state index in [0.29, 0.717) is 17.8 Å². The van der Waals surface area contributed by atoms with Gasteiger partial charge in [0.2, 0.25) is 0 Å². The highest BCUT2D eigenvalue weighted by molar-refractivity contribution is 6.08. The minimum absolute atomic E-state index is 0.183. The van der Waals surface area contributed by atoms with E-state index in [4.69, 9.17) is 4.74 Å². The Bertz CT molecular complexity index is 441. The molecule has 4 aliphatic carbocycles. The van der Waals surface area contributed by atoms with Crippen LogP contribution in [0.5, 0.6) is 0 Å². The van der Waals surface area contributed by atoms with Gasteiger partial charge in [0, 0.05) is 5.41 Å². The highest BCUT2D eigenvalue weighted by atomic mass is 16.5. The van der Waals surface area contributed by atoms with Crippen LogP contribution in [0.2, 0.25) is 0 Å². The predicted octanol–water partition coefficient (Wildman–Crippen LogP) is 2.83. The number of hydrogen-bond acceptors (Lipinski definition) is 3. The van der Waals surface area contributed by atoms with Crippen LogP contribution >= 0.6 is 0 Å². The van der Waals surface area contributed by atoms with Crippen molar-refractivity contribution in [1.29, 1.82) is 0 Å². The molecule has 0 aromatic carbocycles. The van der Waals surface area contributed by atoms with Crippen LogP contribution in [0.4, 0.5) is 0 Å². The third-order valence-electron chi connectivity index (χ3n) is 6.31. The van der Waals surface area contributed by atoms with Gasteiger partial charge in [-0.2, -0.15) is 0 Å². The quantitative estimate of drug-likeness (QED) is 0.569. The molecule has 19 heavy (non-hydrogen) atoms. The number of carbonyl (C=O) groups excluding carboxylic acids is 2. The van der Waals surface area contributed by atoms with Crippen molar-refractivity contribution in [3.8, 4) is 0 Å². The van der Waals surface area contributed by atoms with Gasteiger partial charge in [-0.1, -0.05) is 20.8 Å². The Morgan fingerprint density at radius 3 is 2.63 bits per heavy atom. The summed E-state index contributed by atoms with van der Waals surface area (Å²) in [4.78, 5) is 25.4. The van der Waals surface area contributed by atoms with Crippen LogP contribution in [-0.2, 0) is 14.3 Å². The van der Waals surface area contributed by atoms with Crippen LogP contribution in [0.25, 0.3) is 0 Å². The molecular weight excluding hydrogens is 240 g/mol. The van der Waals surface area contributed by atoms with Crippen molar-refractivity contribution in [3.63, 3.8) is 0 Å². The molecule has 0 radical (unpaired) electrons. The lowest BCUT2D eigenvalue weighted by atomic mass is 9.49. The standard InChI is InChI=1S/C16H24O3/c1-9(2)10-8-16(14(18)19-4)12-5-6-15(3,13(16)17)7-11(10)12/h9-12H,5-8H2,1-4H3/t10-,11-,12-,15+,16+/m0/s1. The summed E-state index contributed by atoms with van der Waals surface area (Å²) in [6.07, 6.45) is 3.68. The highest BCUT2D eigenvalue weighted by Crippen LogP contribution is 2.68. The fourth-order valence-electron chi connectivity index (χ4n) is 5.43. The first-order valence-electron chi connectivity index (χ1n) is 7.50. The van der Waals surface area contributed by atoms with E-state index in [1.807, 2.05) is 0 Å². The Labute approximate surface area is 115 Å². The van der Waals surface area contributed by atoms with Crippen LogP contribution in [0, 0.1) is 34.5 Å². The van der Waals surface area contributed by atoms with Crippen LogP contribution in [0.3, 0.4) is 0 Å². The van der Waals surface area contributed by atoms with Crippen molar-refractivity contribution in [2.24, 2.45) is 34.5 Å². The van der Waals surface area contributed by atoms with Gasteiger partial charge in [0.15, 0.2) is 5.78 Å². The predicted molar refractivity (Wildman–Crippen MR) is 71.3 cm³/mol. The third kappa shape index (κ3) is 1.39. The number of carbonyl (C=O) groups is 2. The second-order valence-corrected chi connectivity index (χ2v) is 7.48. The van der Waals surface area contributed by atoms with E-state index in [1.54, 1.807) is 0 Å². The van der Waals surface area contributed by atoms with Gasteiger partial charge in [0.05, 0.1) is 7.11 Å². The SMILES string of the molecule is COC(=O)[C@]12C[C@@H](C(C)C)[C@@H]3C[C@@](C)(CC[C@@H]31)C2=O. The molecule has 3 nitrogen and oxygen atoms in total. The van der Waals surface area contributed by atoms with Gasteiger partial charge in [-0.15, -0.1) is 0 Å². The first kappa shape index (κ1) is 13.1. The summed E-state index contributed by atoms with van der Waals surface area (Å²) >= 11 is 0. The lowest BCUT2D eigenvalue weighted by Crippen LogP contribution is -2.58. The molecule has 0 aliphatic heterocycles. The number of Topliss-reactive ketones (excluding diaryl/α,β-unsaturated/α-hetero) is 1. The number of fused-ring (bicyclic) bond motifs is 1. The third-order valence-corrected chi connectivity index (χ3v) is 6.31. The molecule has 4 rings (SSSR count). The Kier molecular flexibility index (Phi) is 2.65. The minimum atomic E-state index is -0.806. The first-order chi connectivity index (χ1) is 8.86. The fourth-order valence-corrected chi connectivity index (χ4v) is 5.43. The maximum absolute atomic E-state index is 13.0. The molecule has 0 N–H and O–H groups in total. The summed E-state index contributed by atoms with van der Waals surface area (Å²) in [5, 5.41) is 0. The molecule has 0 saturated heterocycles. The van der Waals surface area contributed by atoms with Crippen molar-refractivity contribution in [1.82, 2.24) is 0 Å². The lowest BCUT2D eigenvalue weighted by molar-refractivity contribution is -0.175. The van der Waals surface area contributed by atoms with Crippen molar-refractivity contribution in [2.75, 3.05) is 7.11 Å². The average molecular weight is 264 g/mol. The van der Waals surface area contributed by atoms with Gasteiger partial charge < -0.3 is 4.74 Å². The number of methoxy groups -OCH3 is 1. The molecule has 106 valence electrons. The van der Waals surface area contributed by atoms with Crippen LogP contribution in [0.15, 0.2) is 0 Å². The summed E-state index contributed by atoms with van der Waals surface area (Å²) in [6, 6.07) is 0. The molecule has 4 fully saturated rings. The smallest absolute Gasteiger partial charge is 0.319 e. The Morgan fingerprint density at radius 1 is 1.37 bits per heavy atom. The molecule has 3 heteroatoms. The molecule has 0 amide bonds. The van der Waals surface area contributed by atoms with Crippen molar-refractivity contribution in [2.45, 2.75) is 46.5 Å². The summed E-state index contributed by atoms with van der Waals surface area (Å²) in [5.41, 5.74) is -1.09. The van der Waals surface area contributed by atoms with Crippen molar-refractivity contribution >= 4 is 11.8 Å². The van der Waals surface area contributed by atoms with Gasteiger partial charge in [-0.25, -0.2) is 0 Å². The summed E-state index contributed by atoms with van der Waals surface area (Å²) in [6.45, 7) is 6.51. The van der Waals surface area contributed by atoms with E-state index in [9.17, 15) is 9.59 Å². The molecular formula is C16H24O3. The monoisotopic (exact) mass is 264 g/mol. The van der Waals surface area contributed by atoms with Gasteiger partial charge in [0.1, 0.15) is 5.41 Å². The Balaban J connectivity index is 2.11. The molecule has 4 bridgehead atoms. The van der Waals surface area contributed by atoms with Crippen LogP contribution in [-0.4, -0.2) is 18.9 Å². The van der Waals surface area contributed by atoms with E-state index in [-0.39, 0.29) is 23.1 Å². The highest BCUT2D eigenvalue weighted by Gasteiger charge is 2.72. The molecule has 0 unspecified atom stereocenters. The maximum Gasteiger partial charge on any atom is 0.319 e. The number of ether oxygens (including phenoxy) is 1. The van der Waals surface area contributed by atoms with Crippen LogP contribution in [0.1, 0.15) is 46.5 Å². The Morgan fingerprint density at radius 2 is 2.05 bits per heavy atom. The average Bonchev–Trinajstić information content (AvgIpc) is 2.67. The zero-order chi connectivity index (χ0) is 14.0. The van der Waals surface area contributed by atoms with E-state index in [0.717, 1.165) is 25.7 Å². The number of ketones is 1. The zero-order valence-corrected chi connectivity index (χ0v) is 12.4. The van der Waals surface area contributed by atoms with Crippen LogP contribution < -0.4 is 0 Å². The molecule has 5 atom stereocenters. The van der Waals surface area contributed by atoms with Gasteiger partial charge in [0.25, 0.3) is 0 Å². The van der Waals surface area contributed by atoms with Gasteiger partial charge in [-0.05, 0) is 49.4 Å². The second-order valence-electron chi connectivity index (χ2n) is 7.48. The van der Waals surface area contributed by atoms with E-state index in [1.165, 1.54) is 7.11 Å². The molecule has 0 aromatic rings. The zero-order valence-electron chi connectivity index (χ0n) is 12.4. The minimum Gasteiger partial charge on any atom is -0.468 e. The van der Waals surface area contributed by atoms with Gasteiger partial charge >= 0.3 is 5.97 Å². The van der Waals surface area contributed by atoms with E-state index < -0.39 is 5.41 Å². The van der Waals surface area contributed by atoms with Crippen molar-refractivity contribution < 1.29 is 14.3 Å². The number of rotatable bonds is 2. The first-order valence-corrected chi connectivity index (χ1v) is 7.50. The van der Waals surface area contributed by atoms with E-state index in [2.05, 4.69) is 20.8 Å². The molecule has 0 heterocycles. The van der Waals surface area contributed by atoms with Gasteiger partial charge in [-0.3, -0.25) is 9.59 Å². The fraction of sp³-hybridized carbons (Fsp3) is 0.875. The maximum atomic E-state index is 13.0. The summed E-state index contributed by atoms with van der Waals surface area (Å²) in [5.74, 6) is 1.73. The van der Waals surface area contributed by atoms with Crippen molar-refractivity contribution in [3.05, 3.63) is 0 Å². The Hall–Kier alpha value is -0.860. The largest absolute Gasteiger partial charge is 0.468 e. The summed E-state index contributed by atoms with van der Waals surface area (Å²) < 4.78 is 5.05.